The summed E-state index contributed by atoms with van der Waals surface area (Å²) in [4.78, 5) is 36.2. The van der Waals surface area contributed by atoms with Gasteiger partial charge in [0.25, 0.3) is 30.4 Å². The minimum atomic E-state index is -5.06. The molecule has 0 atom stereocenters. The second-order valence-corrected chi connectivity index (χ2v) is 15.6. The third kappa shape index (κ3) is 7.69. The molecule has 1 heterocycles. The van der Waals surface area contributed by atoms with E-state index in [4.69, 9.17) is 28.9 Å². The molecule has 1 aromatic heterocycles. The highest BCUT2D eigenvalue weighted by molar-refractivity contribution is 7.86. The van der Waals surface area contributed by atoms with E-state index in [9.17, 15) is 48.5 Å². The van der Waals surface area contributed by atoms with E-state index in [1.54, 1.807) is 0 Å². The number of nitrogen functional groups attached to an aromatic ring is 1. The molecule has 1 aliphatic carbocycles. The molecule has 0 bridgehead atoms. The third-order valence-corrected chi connectivity index (χ3v) is 10.3. The van der Waals surface area contributed by atoms with Gasteiger partial charge in [-0.3, -0.25) is 23.2 Å². The van der Waals surface area contributed by atoms with Crippen LogP contribution in [0.2, 0.25) is 10.6 Å². The van der Waals surface area contributed by atoms with E-state index < -0.39 is 79.0 Å². The van der Waals surface area contributed by atoms with Crippen LogP contribution in [0.4, 0.5) is 40.1 Å². The summed E-state index contributed by atoms with van der Waals surface area (Å²) in [7, 11) is -14.7. The second-order valence-electron chi connectivity index (χ2n) is 10.8. The summed E-state index contributed by atoms with van der Waals surface area (Å²) < 4.78 is 101. The number of nitrogens with two attached hydrogens (primary N) is 1. The van der Waals surface area contributed by atoms with Crippen LogP contribution in [-0.4, -0.2) is 65.4 Å². The summed E-state index contributed by atoms with van der Waals surface area (Å²) in [5.74, 6) is -2.05. The maximum absolute atomic E-state index is 13.7. The predicted molar refractivity (Wildman–Crippen MR) is 187 cm³/mol. The molecule has 0 saturated heterocycles. The van der Waals surface area contributed by atoms with Crippen LogP contribution in [0.5, 0.6) is 0 Å². The van der Waals surface area contributed by atoms with Gasteiger partial charge in [0.1, 0.15) is 15.5 Å². The standard InChI is InChI=1S/C29H18Cl2N8O11S3/c30-27-35-28(31)37-29(36-27)34-14-5-8-18(20(9-14)52(45,46)47)39-38-13-3-1-12(2-4-13)33-19-11-21(53(48,49)50)24(32)23-22(19)26(41)17-10-15(51(42,43)44)6-7-16(17)25(23)40/h1-11,33H,32H2,(H,42,43,44)(H,45,46,47)(H,48,49,50)(H,34,35,36,37)/b39-38+. The van der Waals surface area contributed by atoms with Crippen molar-refractivity contribution in [2.24, 2.45) is 10.2 Å². The molecule has 0 radical (unpaired) electrons. The van der Waals surface area contributed by atoms with E-state index in [0.29, 0.717) is 0 Å². The first-order valence-corrected chi connectivity index (χ1v) is 19.2. The molecule has 0 amide bonds. The molecule has 24 heteroatoms. The van der Waals surface area contributed by atoms with Gasteiger partial charge in [0.15, 0.2) is 11.6 Å². The molecule has 7 N–H and O–H groups in total. The van der Waals surface area contributed by atoms with Crippen LogP contribution in [0.1, 0.15) is 31.8 Å². The highest BCUT2D eigenvalue weighted by Gasteiger charge is 2.37. The molecule has 6 rings (SSSR count). The summed E-state index contributed by atoms with van der Waals surface area (Å²) in [6.45, 7) is 0. The van der Waals surface area contributed by atoms with Crippen molar-refractivity contribution in [3.63, 3.8) is 0 Å². The number of hydrogen-bond donors (Lipinski definition) is 6. The maximum Gasteiger partial charge on any atom is 0.296 e. The number of benzene rings is 4. The molecule has 0 unspecified atom stereocenters. The van der Waals surface area contributed by atoms with Crippen LogP contribution < -0.4 is 16.4 Å². The van der Waals surface area contributed by atoms with Gasteiger partial charge in [-0.2, -0.15) is 45.3 Å². The zero-order valence-electron chi connectivity index (χ0n) is 25.8. The number of azo groups is 1. The van der Waals surface area contributed by atoms with Crippen LogP contribution in [0.25, 0.3) is 0 Å². The average molecular weight is 822 g/mol. The Morgan fingerprint density at radius 1 is 0.623 bits per heavy atom. The zero-order valence-corrected chi connectivity index (χ0v) is 29.7. The van der Waals surface area contributed by atoms with Crippen molar-refractivity contribution in [1.29, 1.82) is 0 Å². The van der Waals surface area contributed by atoms with E-state index in [1.165, 1.54) is 36.4 Å². The number of carbonyl (C=O) groups is 2. The number of carbonyl (C=O) groups excluding carboxylic acids is 2. The van der Waals surface area contributed by atoms with Crippen molar-refractivity contribution in [2.45, 2.75) is 14.7 Å². The van der Waals surface area contributed by atoms with Gasteiger partial charge in [-0.15, -0.1) is 5.11 Å². The lowest BCUT2D eigenvalue weighted by atomic mass is 9.82. The van der Waals surface area contributed by atoms with Gasteiger partial charge in [-0.1, -0.05) is 0 Å². The van der Waals surface area contributed by atoms with Crippen LogP contribution in [-0.2, 0) is 30.4 Å². The fraction of sp³-hybridized carbons (Fsp3) is 0. The van der Waals surface area contributed by atoms with Gasteiger partial charge >= 0.3 is 0 Å². The number of anilines is 5. The molecule has 53 heavy (non-hydrogen) atoms. The molecule has 19 nitrogen and oxygen atoms in total. The third-order valence-electron chi connectivity index (χ3n) is 7.33. The summed E-state index contributed by atoms with van der Waals surface area (Å²) in [6, 6.07) is 12.5. The summed E-state index contributed by atoms with van der Waals surface area (Å²) >= 11 is 11.5. The Bertz CT molecular complexity index is 2770. The summed E-state index contributed by atoms with van der Waals surface area (Å²) in [5, 5.41) is 12.8. The number of ketones is 2. The van der Waals surface area contributed by atoms with Crippen molar-refractivity contribution in [3.8, 4) is 0 Å². The van der Waals surface area contributed by atoms with E-state index in [1.807, 2.05) is 0 Å². The molecule has 0 spiro atoms. The molecule has 5 aromatic rings. The number of hydrogen-bond acceptors (Lipinski definition) is 16. The van der Waals surface area contributed by atoms with E-state index in [0.717, 1.165) is 30.3 Å². The number of nitrogens with one attached hydrogen (secondary N) is 2. The van der Waals surface area contributed by atoms with Crippen LogP contribution in [0, 0.1) is 0 Å². The zero-order chi connectivity index (χ0) is 38.6. The fourth-order valence-corrected chi connectivity index (χ4v) is 7.23. The summed E-state index contributed by atoms with van der Waals surface area (Å²) in [6.07, 6.45) is 0. The minimum Gasteiger partial charge on any atom is -0.397 e. The normalized spacial score (nSPS) is 13.2. The fourth-order valence-electron chi connectivity index (χ4n) is 5.07. The van der Waals surface area contributed by atoms with Crippen molar-refractivity contribution in [3.05, 3.63) is 99.6 Å². The smallest absolute Gasteiger partial charge is 0.296 e. The van der Waals surface area contributed by atoms with Crippen molar-refractivity contribution in [2.75, 3.05) is 16.4 Å². The van der Waals surface area contributed by atoms with Crippen molar-refractivity contribution in [1.82, 2.24) is 15.0 Å². The van der Waals surface area contributed by atoms with Gasteiger partial charge in [-0.05, 0) is 89.9 Å². The molecular formula is C29H18Cl2N8O11S3. The predicted octanol–water partition coefficient (Wildman–Crippen LogP) is 5.18. The molecule has 1 aliphatic rings. The highest BCUT2D eigenvalue weighted by atomic mass is 35.5. The van der Waals surface area contributed by atoms with E-state index in [2.05, 4.69) is 35.8 Å². The Labute approximate surface area is 308 Å². The maximum atomic E-state index is 13.7. The number of aromatic nitrogens is 3. The van der Waals surface area contributed by atoms with E-state index >= 15 is 0 Å². The molecule has 0 saturated carbocycles. The summed E-state index contributed by atoms with van der Waals surface area (Å²) in [5.41, 5.74) is 3.21. The van der Waals surface area contributed by atoms with Crippen LogP contribution in [0.3, 0.4) is 0 Å². The Kier molecular flexibility index (Phi) is 9.50. The van der Waals surface area contributed by atoms with Gasteiger partial charge in [-0.25, -0.2) is 0 Å². The first-order valence-electron chi connectivity index (χ1n) is 14.1. The van der Waals surface area contributed by atoms with Gasteiger partial charge in [0.2, 0.25) is 16.5 Å². The molecule has 4 aromatic carbocycles. The van der Waals surface area contributed by atoms with Crippen molar-refractivity contribution < 1.29 is 48.5 Å². The van der Waals surface area contributed by atoms with Gasteiger partial charge in [0.05, 0.1) is 33.1 Å². The molecule has 272 valence electrons. The first-order chi connectivity index (χ1) is 24.7. The topological polar surface area (TPSA) is 311 Å². The number of fused-ring (bicyclic) bond motifs is 2. The Morgan fingerprint density at radius 2 is 1.23 bits per heavy atom. The average Bonchev–Trinajstić information content (AvgIpc) is 3.05. The van der Waals surface area contributed by atoms with Gasteiger partial charge < -0.3 is 16.4 Å². The minimum absolute atomic E-state index is 0.0925. The van der Waals surface area contributed by atoms with E-state index in [-0.39, 0.29) is 50.5 Å². The van der Waals surface area contributed by atoms with Crippen molar-refractivity contribution >= 4 is 105 Å². The largest absolute Gasteiger partial charge is 0.397 e. The SMILES string of the molecule is Nc1c(S(=O)(=O)O)cc(Nc2ccc(/N=N/c3ccc(Nc4nc(Cl)nc(Cl)n4)cc3S(=O)(=O)O)cc2)c2c1C(=O)c1ccc(S(=O)(=O)O)cc1C2=O. The Hall–Kier alpha value is -5.46. The Balaban J connectivity index is 1.33. The molecular weight excluding hydrogens is 803 g/mol. The Morgan fingerprint density at radius 3 is 1.83 bits per heavy atom. The lowest BCUT2D eigenvalue weighted by Crippen LogP contribution is -2.25. The number of nitrogens with zero attached hydrogens (tertiary/aromatic N) is 5. The monoisotopic (exact) mass is 820 g/mol. The van der Waals surface area contributed by atoms with Crippen LogP contribution in [0.15, 0.2) is 91.6 Å². The number of halogens is 2. The molecule has 0 aliphatic heterocycles. The molecule has 0 fully saturated rings. The lowest BCUT2D eigenvalue weighted by molar-refractivity contribution is 0.0980. The second kappa shape index (κ2) is 13.5. The van der Waals surface area contributed by atoms with Crippen LogP contribution >= 0.6 is 23.2 Å². The quantitative estimate of drug-likeness (QED) is 0.0622. The van der Waals surface area contributed by atoms with Gasteiger partial charge in [0, 0.05) is 22.5 Å². The first kappa shape index (κ1) is 37.3. The highest BCUT2D eigenvalue weighted by Crippen LogP contribution is 2.41. The number of rotatable bonds is 9. The lowest BCUT2D eigenvalue weighted by Gasteiger charge is -2.24.